The highest BCUT2D eigenvalue weighted by Crippen LogP contribution is 2.20. The highest BCUT2D eigenvalue weighted by Gasteiger charge is 2.14. The van der Waals surface area contributed by atoms with E-state index in [-0.39, 0.29) is 18.2 Å². The molecule has 138 valence electrons. The molecule has 0 bridgehead atoms. The maximum atomic E-state index is 12.3. The molecule has 0 aliphatic rings. The summed E-state index contributed by atoms with van der Waals surface area (Å²) < 4.78 is 5.42. The number of benzene rings is 2. The molecule has 0 aliphatic heterocycles. The minimum atomic E-state index is -0.108. The molecule has 2 rings (SSSR count). The van der Waals surface area contributed by atoms with Gasteiger partial charge in [-0.3, -0.25) is 9.59 Å². The summed E-state index contributed by atoms with van der Waals surface area (Å²) in [6, 6.07) is 15.1. The second kappa shape index (κ2) is 9.61. The number of carbonyl (C=O) groups is 2. The van der Waals surface area contributed by atoms with Crippen molar-refractivity contribution in [3.8, 4) is 5.75 Å². The van der Waals surface area contributed by atoms with Crippen LogP contribution in [0.1, 0.15) is 32.8 Å². The van der Waals surface area contributed by atoms with Crippen molar-refractivity contribution in [3.05, 3.63) is 54.1 Å². The summed E-state index contributed by atoms with van der Waals surface area (Å²) in [7, 11) is 0. The minimum absolute atomic E-state index is 0.101. The molecule has 2 aromatic carbocycles. The van der Waals surface area contributed by atoms with Crippen molar-refractivity contribution in [2.24, 2.45) is 0 Å². The number of amides is 2. The molecule has 0 spiro atoms. The van der Waals surface area contributed by atoms with Gasteiger partial charge in [-0.15, -0.1) is 0 Å². The molecule has 2 amide bonds. The van der Waals surface area contributed by atoms with Crippen LogP contribution in [0.25, 0.3) is 0 Å². The van der Waals surface area contributed by atoms with E-state index in [4.69, 9.17) is 4.74 Å². The number of hydrogen-bond acceptors (Lipinski definition) is 3. The molecule has 5 heteroatoms. The van der Waals surface area contributed by atoms with Crippen LogP contribution < -0.4 is 15.0 Å². The van der Waals surface area contributed by atoms with Gasteiger partial charge in [0.05, 0.1) is 6.61 Å². The Hall–Kier alpha value is -2.82. The highest BCUT2D eigenvalue weighted by atomic mass is 16.5. The van der Waals surface area contributed by atoms with E-state index in [0.29, 0.717) is 13.2 Å². The topological polar surface area (TPSA) is 58.6 Å². The molecule has 0 unspecified atom stereocenters. The molecule has 0 fully saturated rings. The summed E-state index contributed by atoms with van der Waals surface area (Å²) in [5.41, 5.74) is 2.67. The molecule has 2 aromatic rings. The van der Waals surface area contributed by atoms with E-state index in [1.54, 1.807) is 4.90 Å². The molecule has 0 aliphatic carbocycles. The van der Waals surface area contributed by atoms with Gasteiger partial charge in [0.1, 0.15) is 5.75 Å². The summed E-state index contributed by atoms with van der Waals surface area (Å²) in [4.78, 5) is 25.9. The van der Waals surface area contributed by atoms with Crippen LogP contribution in [0.15, 0.2) is 48.5 Å². The van der Waals surface area contributed by atoms with E-state index in [2.05, 4.69) is 5.32 Å². The van der Waals surface area contributed by atoms with E-state index in [0.717, 1.165) is 29.1 Å². The van der Waals surface area contributed by atoms with Crippen molar-refractivity contribution in [1.82, 2.24) is 0 Å². The molecule has 26 heavy (non-hydrogen) atoms. The Morgan fingerprint density at radius 2 is 1.73 bits per heavy atom. The molecular weight excluding hydrogens is 328 g/mol. The maximum Gasteiger partial charge on any atom is 0.226 e. The monoisotopic (exact) mass is 354 g/mol. The number of ether oxygens (including phenoxy) is 1. The lowest BCUT2D eigenvalue weighted by atomic mass is 10.1. The quantitative estimate of drug-likeness (QED) is 0.779. The number of hydrogen-bond donors (Lipinski definition) is 1. The number of para-hydroxylation sites is 1. The number of rotatable bonds is 8. The van der Waals surface area contributed by atoms with E-state index in [9.17, 15) is 9.59 Å². The van der Waals surface area contributed by atoms with Gasteiger partial charge in [-0.25, -0.2) is 0 Å². The highest BCUT2D eigenvalue weighted by molar-refractivity contribution is 5.95. The summed E-state index contributed by atoms with van der Waals surface area (Å²) in [6.07, 6.45) is 1.08. The molecule has 1 N–H and O–H groups in total. The lowest BCUT2D eigenvalue weighted by molar-refractivity contribution is -0.117. The van der Waals surface area contributed by atoms with E-state index >= 15 is 0 Å². The van der Waals surface area contributed by atoms with Crippen molar-refractivity contribution >= 4 is 23.2 Å². The molecule has 0 saturated heterocycles. The second-order valence-corrected chi connectivity index (χ2v) is 5.91. The number of nitrogens with one attached hydrogen (secondary N) is 1. The van der Waals surface area contributed by atoms with Crippen LogP contribution in [-0.4, -0.2) is 25.0 Å². The largest absolute Gasteiger partial charge is 0.494 e. The van der Waals surface area contributed by atoms with Gasteiger partial charge in [0, 0.05) is 31.3 Å². The van der Waals surface area contributed by atoms with Crippen molar-refractivity contribution in [3.63, 3.8) is 0 Å². The number of nitrogens with zero attached hydrogens (tertiary/aromatic N) is 1. The smallest absolute Gasteiger partial charge is 0.226 e. The molecule has 0 radical (unpaired) electrons. The van der Waals surface area contributed by atoms with Crippen LogP contribution in [0.3, 0.4) is 0 Å². The first-order valence-corrected chi connectivity index (χ1v) is 8.93. The number of aryl methyl sites for hydroxylation is 1. The third kappa shape index (κ3) is 5.34. The first-order valence-electron chi connectivity index (χ1n) is 8.93. The van der Waals surface area contributed by atoms with Crippen LogP contribution in [0, 0.1) is 0 Å². The average Bonchev–Trinajstić information content (AvgIpc) is 2.63. The Bertz CT molecular complexity index is 741. The zero-order valence-corrected chi connectivity index (χ0v) is 15.6. The predicted octanol–water partition coefficient (Wildman–Crippen LogP) is 4.03. The third-order valence-corrected chi connectivity index (χ3v) is 4.07. The van der Waals surface area contributed by atoms with E-state index in [1.165, 1.54) is 6.92 Å². The molecule has 0 saturated carbocycles. The SMILES string of the molecule is CCOc1ccc(N(CCC(=O)Nc2ccccc2CC)C(C)=O)cc1. The summed E-state index contributed by atoms with van der Waals surface area (Å²) in [5, 5.41) is 2.94. The minimum Gasteiger partial charge on any atom is -0.494 e. The van der Waals surface area contributed by atoms with Gasteiger partial charge in [-0.2, -0.15) is 0 Å². The van der Waals surface area contributed by atoms with Gasteiger partial charge in [0.25, 0.3) is 0 Å². The number of anilines is 2. The second-order valence-electron chi connectivity index (χ2n) is 5.91. The van der Waals surface area contributed by atoms with Gasteiger partial charge in [0.2, 0.25) is 11.8 Å². The Morgan fingerprint density at radius 3 is 2.35 bits per heavy atom. The van der Waals surface area contributed by atoms with E-state index in [1.807, 2.05) is 62.4 Å². The van der Waals surface area contributed by atoms with Crippen LogP contribution in [0.5, 0.6) is 5.75 Å². The van der Waals surface area contributed by atoms with Gasteiger partial charge < -0.3 is 15.0 Å². The van der Waals surface area contributed by atoms with Crippen molar-refractivity contribution in [2.45, 2.75) is 33.6 Å². The predicted molar refractivity (Wildman–Crippen MR) is 105 cm³/mol. The summed E-state index contributed by atoms with van der Waals surface area (Å²) >= 11 is 0. The Labute approximate surface area is 155 Å². The van der Waals surface area contributed by atoms with Crippen LogP contribution in [0.2, 0.25) is 0 Å². The third-order valence-electron chi connectivity index (χ3n) is 4.07. The average molecular weight is 354 g/mol. The molecule has 0 atom stereocenters. The van der Waals surface area contributed by atoms with Crippen molar-refractivity contribution in [1.29, 1.82) is 0 Å². The lowest BCUT2D eigenvalue weighted by Crippen LogP contribution is -2.32. The fourth-order valence-electron chi connectivity index (χ4n) is 2.73. The van der Waals surface area contributed by atoms with Crippen molar-refractivity contribution < 1.29 is 14.3 Å². The zero-order chi connectivity index (χ0) is 18.9. The van der Waals surface area contributed by atoms with Crippen molar-refractivity contribution in [2.75, 3.05) is 23.4 Å². The Kier molecular flexibility index (Phi) is 7.21. The first kappa shape index (κ1) is 19.5. The van der Waals surface area contributed by atoms with Crippen LogP contribution in [-0.2, 0) is 16.0 Å². The van der Waals surface area contributed by atoms with Gasteiger partial charge in [-0.05, 0) is 49.2 Å². The Balaban J connectivity index is 1.99. The fourth-order valence-corrected chi connectivity index (χ4v) is 2.73. The summed E-state index contributed by atoms with van der Waals surface area (Å²) in [5.74, 6) is 0.549. The normalized spacial score (nSPS) is 10.3. The van der Waals surface area contributed by atoms with Gasteiger partial charge in [-0.1, -0.05) is 25.1 Å². The molecular formula is C21H26N2O3. The zero-order valence-electron chi connectivity index (χ0n) is 15.6. The molecule has 0 aromatic heterocycles. The van der Waals surface area contributed by atoms with E-state index < -0.39 is 0 Å². The molecule has 0 heterocycles. The molecule has 5 nitrogen and oxygen atoms in total. The standard InChI is InChI=1S/C21H26N2O3/c1-4-17-8-6-7-9-20(17)22-21(25)14-15-23(16(3)24)18-10-12-19(13-11-18)26-5-2/h6-13H,4-5,14-15H2,1-3H3,(H,22,25). The first-order chi connectivity index (χ1) is 12.5. The van der Waals surface area contributed by atoms with Crippen LogP contribution >= 0.6 is 0 Å². The maximum absolute atomic E-state index is 12.3. The van der Waals surface area contributed by atoms with Crippen LogP contribution in [0.4, 0.5) is 11.4 Å². The lowest BCUT2D eigenvalue weighted by Gasteiger charge is -2.21. The van der Waals surface area contributed by atoms with Gasteiger partial charge in [0.15, 0.2) is 0 Å². The van der Waals surface area contributed by atoms with Gasteiger partial charge >= 0.3 is 0 Å². The number of carbonyl (C=O) groups excluding carboxylic acids is 2. The fraction of sp³-hybridized carbons (Fsp3) is 0.333. The Morgan fingerprint density at radius 1 is 1.04 bits per heavy atom. The summed E-state index contributed by atoms with van der Waals surface area (Å²) in [6.45, 7) is 6.39.